The quantitative estimate of drug-likeness (QED) is 0.0506. The van der Waals surface area contributed by atoms with Crippen LogP contribution in [0.2, 0.25) is 0 Å². The molecule has 0 radical (unpaired) electrons. The summed E-state index contributed by atoms with van der Waals surface area (Å²) in [6, 6.07) is 3.32. The lowest BCUT2D eigenvalue weighted by Gasteiger charge is -2.28. The van der Waals surface area contributed by atoms with E-state index in [1.54, 1.807) is 32.2 Å². The molecule has 21 heteroatoms. The second-order valence-electron chi connectivity index (χ2n) is 17.2. The summed E-state index contributed by atoms with van der Waals surface area (Å²) in [7, 11) is 0. The summed E-state index contributed by atoms with van der Waals surface area (Å²) < 4.78 is 0. The molecule has 2 rings (SSSR count). The molecule has 20 nitrogen and oxygen atoms in total. The van der Waals surface area contributed by atoms with Gasteiger partial charge in [-0.15, -0.1) is 0 Å². The Kier molecular flexibility index (Phi) is 24.0. The highest BCUT2D eigenvalue weighted by Crippen LogP contribution is 2.15. The fourth-order valence-corrected chi connectivity index (χ4v) is 7.27. The fraction of sp³-hybridized carbons (Fsp3) is 0.556. The van der Waals surface area contributed by atoms with Crippen molar-refractivity contribution in [1.29, 1.82) is 0 Å². The molecule has 0 spiro atoms. The molecule has 2 aromatic carbocycles. The number of phenolic OH excluding ortho intramolecular Hbond substituents is 2. The Balaban J connectivity index is 2.42. The van der Waals surface area contributed by atoms with Crippen molar-refractivity contribution in [1.82, 2.24) is 37.2 Å². The van der Waals surface area contributed by atoms with Gasteiger partial charge in [-0.3, -0.25) is 38.4 Å². The topological polar surface area (TPSA) is 333 Å². The third-order valence-corrected chi connectivity index (χ3v) is 10.7. The number of rotatable bonds is 28. The van der Waals surface area contributed by atoms with E-state index < -0.39 is 96.0 Å². The summed E-state index contributed by atoms with van der Waals surface area (Å²) in [5, 5.41) is 48.8. The number of nitrogens with two attached hydrogens (primary N) is 2. The van der Waals surface area contributed by atoms with Crippen LogP contribution in [0.15, 0.2) is 48.5 Å². The number of primary amides is 1. The lowest BCUT2D eigenvalue weighted by Crippen LogP contribution is -2.62. The molecule has 14 N–H and O–H groups in total. The van der Waals surface area contributed by atoms with Crippen molar-refractivity contribution >= 4 is 59.0 Å². The van der Waals surface area contributed by atoms with Crippen LogP contribution in [0.4, 0.5) is 0 Å². The SMILES string of the molecule is CSCC[C@H](NC(=O)[C@H](Cc1ccc(O)cc1)NC(=O)[C@@H](NC(=O)[C@H](CC(C)C)NC(=O)[C@@H](N)CC(N)=O)C(C)O)C(=O)N[C@@H](Cc1ccc(O)cc1)C(=O)NCC(=O)N[C@H](C)CC(C)C. The first-order valence-electron chi connectivity index (χ1n) is 21.8. The minimum Gasteiger partial charge on any atom is -0.508 e. The number of aliphatic hydroxyl groups excluding tert-OH is 1. The average Bonchev–Trinajstić information content (AvgIpc) is 3.22. The van der Waals surface area contributed by atoms with Gasteiger partial charge >= 0.3 is 0 Å². The normalized spacial score (nSPS) is 14.8. The van der Waals surface area contributed by atoms with Crippen molar-refractivity contribution in [2.75, 3.05) is 18.6 Å². The van der Waals surface area contributed by atoms with Crippen LogP contribution in [0.5, 0.6) is 11.5 Å². The van der Waals surface area contributed by atoms with Crippen LogP contribution in [-0.2, 0) is 51.2 Å². The van der Waals surface area contributed by atoms with Gasteiger partial charge in [0.15, 0.2) is 0 Å². The Labute approximate surface area is 390 Å². The third-order valence-electron chi connectivity index (χ3n) is 10.1. The average molecular weight is 944 g/mol. The lowest BCUT2D eigenvalue weighted by molar-refractivity contribution is -0.137. The van der Waals surface area contributed by atoms with Gasteiger partial charge in [-0.2, -0.15) is 11.8 Å². The number of carbonyl (C=O) groups is 8. The first kappa shape index (κ1) is 56.2. The molecule has 0 aliphatic carbocycles. The summed E-state index contributed by atoms with van der Waals surface area (Å²) in [6.07, 6.45) is 0.380. The highest BCUT2D eigenvalue weighted by molar-refractivity contribution is 7.98. The van der Waals surface area contributed by atoms with Crippen LogP contribution in [0.3, 0.4) is 0 Å². The van der Waals surface area contributed by atoms with Crippen LogP contribution in [0, 0.1) is 11.8 Å². The summed E-state index contributed by atoms with van der Waals surface area (Å²) in [5.41, 5.74) is 12.0. The minimum absolute atomic E-state index is 0.0188. The van der Waals surface area contributed by atoms with Crippen molar-refractivity contribution in [2.24, 2.45) is 23.3 Å². The van der Waals surface area contributed by atoms with Crippen molar-refractivity contribution in [3.05, 3.63) is 59.7 Å². The zero-order valence-corrected chi connectivity index (χ0v) is 39.5. The number of hydrogen-bond acceptors (Lipinski definition) is 13. The molecule has 0 fully saturated rings. The summed E-state index contributed by atoms with van der Waals surface area (Å²) in [5.74, 6) is -5.84. The number of thioether (sulfide) groups is 1. The summed E-state index contributed by atoms with van der Waals surface area (Å²) >= 11 is 1.38. The fourth-order valence-electron chi connectivity index (χ4n) is 6.80. The molecule has 2 aromatic rings. The number of carbonyl (C=O) groups excluding carboxylic acids is 8. The smallest absolute Gasteiger partial charge is 0.245 e. The van der Waals surface area contributed by atoms with Crippen LogP contribution < -0.4 is 48.7 Å². The molecule has 66 heavy (non-hydrogen) atoms. The van der Waals surface area contributed by atoms with Gasteiger partial charge in [0.2, 0.25) is 47.3 Å². The molecule has 366 valence electrons. The van der Waals surface area contributed by atoms with Crippen LogP contribution in [0.25, 0.3) is 0 Å². The van der Waals surface area contributed by atoms with E-state index in [1.807, 2.05) is 20.8 Å². The van der Waals surface area contributed by atoms with E-state index in [2.05, 4.69) is 37.2 Å². The monoisotopic (exact) mass is 943 g/mol. The van der Waals surface area contributed by atoms with E-state index in [4.69, 9.17) is 11.5 Å². The Hall–Kier alpha value is -5.93. The number of phenols is 2. The van der Waals surface area contributed by atoms with Crippen LogP contribution >= 0.6 is 11.8 Å². The molecule has 1 unspecified atom stereocenters. The van der Waals surface area contributed by atoms with E-state index in [0.29, 0.717) is 22.8 Å². The molecule has 8 atom stereocenters. The number of aromatic hydroxyl groups is 2. The van der Waals surface area contributed by atoms with E-state index in [0.717, 1.165) is 6.42 Å². The Morgan fingerprint density at radius 1 is 0.591 bits per heavy atom. The number of benzene rings is 2. The Morgan fingerprint density at radius 2 is 1.05 bits per heavy atom. The maximum absolute atomic E-state index is 14.3. The third kappa shape index (κ3) is 20.9. The maximum atomic E-state index is 14.3. The molecular formula is C45H69N9O11S. The largest absolute Gasteiger partial charge is 0.508 e. The first-order chi connectivity index (χ1) is 31.0. The summed E-state index contributed by atoms with van der Waals surface area (Å²) in [6.45, 7) is 10.3. The molecule has 0 saturated carbocycles. The Bertz CT molecular complexity index is 1930. The van der Waals surface area contributed by atoms with Gasteiger partial charge in [0.1, 0.15) is 41.7 Å². The zero-order chi connectivity index (χ0) is 49.7. The van der Waals surface area contributed by atoms with Gasteiger partial charge in [0.25, 0.3) is 0 Å². The van der Waals surface area contributed by atoms with Crippen LogP contribution in [0.1, 0.15) is 78.4 Å². The second-order valence-corrected chi connectivity index (χ2v) is 18.2. The molecule has 0 saturated heterocycles. The van der Waals surface area contributed by atoms with E-state index >= 15 is 0 Å². The number of amides is 8. The zero-order valence-electron chi connectivity index (χ0n) is 38.7. The van der Waals surface area contributed by atoms with E-state index in [1.165, 1.54) is 55.1 Å². The van der Waals surface area contributed by atoms with Gasteiger partial charge < -0.3 is 64.0 Å². The molecule has 0 heterocycles. The highest BCUT2D eigenvalue weighted by Gasteiger charge is 2.35. The predicted octanol–water partition coefficient (Wildman–Crippen LogP) is -0.643. The molecule has 0 bridgehead atoms. The minimum atomic E-state index is -1.67. The van der Waals surface area contributed by atoms with E-state index in [-0.39, 0.29) is 55.7 Å². The highest BCUT2D eigenvalue weighted by atomic mass is 32.2. The van der Waals surface area contributed by atoms with Gasteiger partial charge in [0, 0.05) is 18.9 Å². The molecule has 0 aliphatic heterocycles. The predicted molar refractivity (Wildman–Crippen MR) is 249 cm³/mol. The lowest BCUT2D eigenvalue weighted by atomic mass is 10.0. The van der Waals surface area contributed by atoms with Gasteiger partial charge in [-0.25, -0.2) is 0 Å². The molecular weight excluding hydrogens is 875 g/mol. The van der Waals surface area contributed by atoms with Crippen molar-refractivity contribution < 1.29 is 53.7 Å². The summed E-state index contributed by atoms with van der Waals surface area (Å²) in [4.78, 5) is 106. The van der Waals surface area contributed by atoms with Gasteiger partial charge in [-0.1, -0.05) is 52.0 Å². The van der Waals surface area contributed by atoms with Crippen molar-refractivity contribution in [3.63, 3.8) is 0 Å². The van der Waals surface area contributed by atoms with Crippen LogP contribution in [-0.4, -0.2) is 130 Å². The number of hydrogen-bond donors (Lipinski definition) is 12. The molecule has 0 aromatic heterocycles. The number of aliphatic hydroxyl groups is 1. The van der Waals surface area contributed by atoms with Crippen molar-refractivity contribution in [3.8, 4) is 11.5 Å². The standard InChI is InChI=1S/C45H69N9O11S/c1-24(2)18-26(5)49-38(59)23-48-41(61)35(20-28-8-12-30(56)13-9-28)52-42(62)33(16-17-66-7)50-43(63)36(21-29-10-14-31(57)15-11-29)53-45(65)39(27(6)55)54-44(64)34(19-25(3)4)51-40(60)32(46)22-37(47)58/h8-15,24-27,32-36,39,55-57H,16-23,46H2,1-7H3,(H2,47,58)(H,48,61)(H,49,59)(H,50,63)(H,51,60)(H,52,62)(H,53,65)(H,54,64)/t26-,27?,32+,33+,34+,35+,36+,39+/m1/s1. The van der Waals surface area contributed by atoms with E-state index in [9.17, 15) is 53.7 Å². The maximum Gasteiger partial charge on any atom is 0.245 e. The molecule has 8 amide bonds. The second kappa shape index (κ2) is 28.2. The first-order valence-corrected chi connectivity index (χ1v) is 23.2. The Morgan fingerprint density at radius 3 is 1.53 bits per heavy atom. The van der Waals surface area contributed by atoms with Gasteiger partial charge in [0.05, 0.1) is 25.1 Å². The molecule has 0 aliphatic rings. The number of nitrogens with one attached hydrogen (secondary N) is 7. The van der Waals surface area contributed by atoms with Crippen molar-refractivity contribution in [2.45, 2.75) is 128 Å². The van der Waals surface area contributed by atoms with Gasteiger partial charge in [-0.05, 0) is 92.3 Å².